The molecule has 0 fully saturated rings. The number of hydrogen-bond donors (Lipinski definition) is 1. The Morgan fingerprint density at radius 3 is 1.16 bits per heavy atom. The third kappa shape index (κ3) is 3.62. The van der Waals surface area contributed by atoms with Crippen molar-refractivity contribution < 1.29 is 5.11 Å². The largest absolute Gasteiger partial charge is 0.507 e. The molecule has 5 aromatic rings. The first kappa shape index (κ1) is 18.9. The SMILES string of the molecule is Oc1cc(-c2ccccc2)c(-c2ccccc2)c(-c2ccccc2)c1-c1ccccc1. The molecular weight excluding hydrogens is 376 g/mol. The molecule has 0 amide bonds. The monoisotopic (exact) mass is 398 g/mol. The van der Waals surface area contributed by atoms with Crippen molar-refractivity contribution in [3.8, 4) is 50.3 Å². The van der Waals surface area contributed by atoms with Gasteiger partial charge in [0.15, 0.2) is 0 Å². The number of rotatable bonds is 4. The number of aromatic hydroxyl groups is 1. The molecule has 0 bridgehead atoms. The van der Waals surface area contributed by atoms with Crippen LogP contribution in [-0.4, -0.2) is 5.11 Å². The molecule has 0 aliphatic carbocycles. The summed E-state index contributed by atoms with van der Waals surface area (Å²) in [6.45, 7) is 0. The zero-order chi connectivity index (χ0) is 21.0. The van der Waals surface area contributed by atoms with Crippen LogP contribution in [0.1, 0.15) is 0 Å². The minimum Gasteiger partial charge on any atom is -0.507 e. The quantitative estimate of drug-likeness (QED) is 0.324. The van der Waals surface area contributed by atoms with Crippen molar-refractivity contribution in [2.45, 2.75) is 0 Å². The van der Waals surface area contributed by atoms with Gasteiger partial charge in [-0.05, 0) is 39.4 Å². The molecule has 0 aliphatic rings. The Morgan fingerprint density at radius 1 is 0.355 bits per heavy atom. The molecule has 0 atom stereocenters. The Bertz CT molecular complexity index is 1290. The molecule has 1 heteroatoms. The predicted octanol–water partition coefficient (Wildman–Crippen LogP) is 8.06. The first-order chi connectivity index (χ1) is 15.3. The molecule has 0 aromatic heterocycles. The molecule has 0 aliphatic heterocycles. The van der Waals surface area contributed by atoms with Crippen LogP contribution in [0.25, 0.3) is 44.5 Å². The third-order valence-electron chi connectivity index (χ3n) is 5.58. The van der Waals surface area contributed by atoms with Gasteiger partial charge in [-0.2, -0.15) is 0 Å². The van der Waals surface area contributed by atoms with Crippen LogP contribution in [0.4, 0.5) is 0 Å². The molecular formula is C30H22O. The number of hydrogen-bond acceptors (Lipinski definition) is 1. The summed E-state index contributed by atoms with van der Waals surface area (Å²) in [7, 11) is 0. The van der Waals surface area contributed by atoms with Gasteiger partial charge in [0, 0.05) is 11.1 Å². The first-order valence-corrected chi connectivity index (χ1v) is 10.4. The van der Waals surface area contributed by atoms with E-state index in [1.807, 2.05) is 66.7 Å². The van der Waals surface area contributed by atoms with Crippen LogP contribution in [0, 0.1) is 0 Å². The van der Waals surface area contributed by atoms with Crippen molar-refractivity contribution in [2.75, 3.05) is 0 Å². The summed E-state index contributed by atoms with van der Waals surface area (Å²) in [6, 6.07) is 43.1. The van der Waals surface area contributed by atoms with Crippen LogP contribution in [-0.2, 0) is 0 Å². The standard InChI is InChI=1S/C30H22O/c31-27-21-26(22-13-5-1-6-14-22)28(23-15-7-2-8-16-23)30(25-19-11-4-12-20-25)29(27)24-17-9-3-10-18-24/h1-21,31H. The number of phenols is 1. The Morgan fingerprint density at radius 2 is 0.710 bits per heavy atom. The fraction of sp³-hybridized carbons (Fsp3) is 0. The molecule has 0 saturated carbocycles. The van der Waals surface area contributed by atoms with Gasteiger partial charge < -0.3 is 5.11 Å². The highest BCUT2D eigenvalue weighted by Crippen LogP contribution is 2.49. The van der Waals surface area contributed by atoms with Crippen LogP contribution in [0.2, 0.25) is 0 Å². The van der Waals surface area contributed by atoms with E-state index in [0.29, 0.717) is 0 Å². The predicted molar refractivity (Wildman–Crippen MR) is 130 cm³/mol. The van der Waals surface area contributed by atoms with Crippen molar-refractivity contribution in [3.05, 3.63) is 127 Å². The summed E-state index contributed by atoms with van der Waals surface area (Å²) in [5.74, 6) is 0.281. The van der Waals surface area contributed by atoms with Crippen molar-refractivity contribution in [3.63, 3.8) is 0 Å². The fourth-order valence-electron chi connectivity index (χ4n) is 4.21. The molecule has 0 heterocycles. The summed E-state index contributed by atoms with van der Waals surface area (Å²) in [5.41, 5.74) is 8.30. The van der Waals surface area contributed by atoms with Gasteiger partial charge in [-0.25, -0.2) is 0 Å². The van der Waals surface area contributed by atoms with Crippen LogP contribution < -0.4 is 0 Å². The number of benzene rings is 5. The lowest BCUT2D eigenvalue weighted by Crippen LogP contribution is -1.95. The molecule has 31 heavy (non-hydrogen) atoms. The van der Waals surface area contributed by atoms with Crippen LogP contribution in [0.3, 0.4) is 0 Å². The average Bonchev–Trinajstić information content (AvgIpc) is 2.85. The molecule has 0 unspecified atom stereocenters. The van der Waals surface area contributed by atoms with Crippen LogP contribution in [0.5, 0.6) is 5.75 Å². The highest BCUT2D eigenvalue weighted by atomic mass is 16.3. The van der Waals surface area contributed by atoms with E-state index in [1.165, 1.54) is 0 Å². The fourth-order valence-corrected chi connectivity index (χ4v) is 4.21. The number of phenolic OH excluding ortho intramolecular Hbond substituents is 1. The Kier molecular flexibility index (Phi) is 5.08. The summed E-state index contributed by atoms with van der Waals surface area (Å²) >= 11 is 0. The van der Waals surface area contributed by atoms with Crippen molar-refractivity contribution >= 4 is 0 Å². The van der Waals surface area contributed by atoms with Gasteiger partial charge in [-0.15, -0.1) is 0 Å². The van der Waals surface area contributed by atoms with E-state index in [1.54, 1.807) is 0 Å². The smallest absolute Gasteiger partial charge is 0.124 e. The molecule has 148 valence electrons. The summed E-state index contributed by atoms with van der Waals surface area (Å²) < 4.78 is 0. The second-order valence-electron chi connectivity index (χ2n) is 7.53. The summed E-state index contributed by atoms with van der Waals surface area (Å²) in [6.07, 6.45) is 0. The van der Waals surface area contributed by atoms with E-state index in [2.05, 4.69) is 60.7 Å². The van der Waals surface area contributed by atoms with Gasteiger partial charge in [-0.1, -0.05) is 121 Å². The van der Waals surface area contributed by atoms with E-state index < -0.39 is 0 Å². The Hall–Kier alpha value is -4.10. The van der Waals surface area contributed by atoms with Crippen molar-refractivity contribution in [1.29, 1.82) is 0 Å². The summed E-state index contributed by atoms with van der Waals surface area (Å²) in [5, 5.41) is 11.3. The van der Waals surface area contributed by atoms with Crippen molar-refractivity contribution in [2.24, 2.45) is 0 Å². The normalized spacial score (nSPS) is 10.7. The molecule has 1 N–H and O–H groups in total. The van der Waals surface area contributed by atoms with Crippen LogP contribution in [0.15, 0.2) is 127 Å². The van der Waals surface area contributed by atoms with Gasteiger partial charge in [0.05, 0.1) is 0 Å². The van der Waals surface area contributed by atoms with Gasteiger partial charge in [0.1, 0.15) is 5.75 Å². The second kappa shape index (κ2) is 8.33. The van der Waals surface area contributed by atoms with Crippen LogP contribution >= 0.6 is 0 Å². The lowest BCUT2D eigenvalue weighted by atomic mass is 9.82. The van der Waals surface area contributed by atoms with Gasteiger partial charge in [0.25, 0.3) is 0 Å². The zero-order valence-electron chi connectivity index (χ0n) is 17.1. The third-order valence-corrected chi connectivity index (χ3v) is 5.58. The highest BCUT2D eigenvalue weighted by molar-refractivity contribution is 6.03. The zero-order valence-corrected chi connectivity index (χ0v) is 17.1. The van der Waals surface area contributed by atoms with Gasteiger partial charge in [-0.3, -0.25) is 0 Å². The maximum absolute atomic E-state index is 11.3. The van der Waals surface area contributed by atoms with E-state index in [4.69, 9.17) is 0 Å². The van der Waals surface area contributed by atoms with E-state index in [0.717, 1.165) is 44.5 Å². The lowest BCUT2D eigenvalue weighted by Gasteiger charge is -2.22. The lowest BCUT2D eigenvalue weighted by molar-refractivity contribution is 0.478. The Labute approximate surface area is 182 Å². The molecule has 5 rings (SSSR count). The summed E-state index contributed by atoms with van der Waals surface area (Å²) in [4.78, 5) is 0. The van der Waals surface area contributed by atoms with Gasteiger partial charge in [0.2, 0.25) is 0 Å². The topological polar surface area (TPSA) is 20.2 Å². The molecule has 0 spiro atoms. The van der Waals surface area contributed by atoms with E-state index >= 15 is 0 Å². The van der Waals surface area contributed by atoms with Gasteiger partial charge >= 0.3 is 0 Å². The first-order valence-electron chi connectivity index (χ1n) is 10.4. The van der Waals surface area contributed by atoms with E-state index in [9.17, 15) is 5.11 Å². The Balaban J connectivity index is 1.95. The second-order valence-corrected chi connectivity index (χ2v) is 7.53. The minimum absolute atomic E-state index is 0.281. The molecule has 0 radical (unpaired) electrons. The maximum Gasteiger partial charge on any atom is 0.124 e. The maximum atomic E-state index is 11.3. The minimum atomic E-state index is 0.281. The molecule has 5 aromatic carbocycles. The average molecular weight is 399 g/mol. The van der Waals surface area contributed by atoms with E-state index in [-0.39, 0.29) is 5.75 Å². The highest BCUT2D eigenvalue weighted by Gasteiger charge is 2.22. The molecule has 1 nitrogen and oxygen atoms in total. The van der Waals surface area contributed by atoms with Crippen molar-refractivity contribution in [1.82, 2.24) is 0 Å². The molecule has 0 saturated heterocycles.